The second kappa shape index (κ2) is 5.01. The predicted molar refractivity (Wildman–Crippen MR) is 67.3 cm³/mol. The number of rotatable bonds is 5. The summed E-state index contributed by atoms with van der Waals surface area (Å²) < 4.78 is 0. The third-order valence-corrected chi connectivity index (χ3v) is 3.68. The first kappa shape index (κ1) is 11.7. The maximum atomic E-state index is 9.45. The second-order valence-electron chi connectivity index (χ2n) is 5.49. The van der Waals surface area contributed by atoms with Crippen molar-refractivity contribution >= 4 is 0 Å². The first-order valence-corrected chi connectivity index (χ1v) is 6.38. The van der Waals surface area contributed by atoms with E-state index in [1.165, 1.54) is 12.0 Å². The molecule has 1 aromatic carbocycles. The van der Waals surface area contributed by atoms with Crippen LogP contribution in [-0.2, 0) is 0 Å². The van der Waals surface area contributed by atoms with Gasteiger partial charge in [-0.2, -0.15) is 0 Å². The fourth-order valence-corrected chi connectivity index (χ4v) is 2.81. The van der Waals surface area contributed by atoms with Crippen molar-refractivity contribution in [2.24, 2.45) is 17.8 Å². The molecule has 1 heteroatoms. The van der Waals surface area contributed by atoms with Crippen molar-refractivity contribution in [3.05, 3.63) is 35.9 Å². The highest BCUT2D eigenvalue weighted by molar-refractivity contribution is 5.26. The fraction of sp³-hybridized carbons (Fsp3) is 0.600. The Morgan fingerprint density at radius 2 is 1.94 bits per heavy atom. The van der Waals surface area contributed by atoms with Crippen molar-refractivity contribution in [3.8, 4) is 0 Å². The molecule has 3 atom stereocenters. The molecule has 1 nitrogen and oxygen atoms in total. The largest absolute Gasteiger partial charge is 0.396 e. The Labute approximate surface area is 98.5 Å². The van der Waals surface area contributed by atoms with E-state index in [2.05, 4.69) is 44.2 Å². The molecule has 1 saturated carbocycles. The lowest BCUT2D eigenvalue weighted by atomic mass is 9.91. The highest BCUT2D eigenvalue weighted by Gasteiger charge is 2.43. The molecule has 0 aromatic heterocycles. The predicted octanol–water partition coefficient (Wildman–Crippen LogP) is 3.44. The second-order valence-corrected chi connectivity index (χ2v) is 5.49. The molecular weight excluding hydrogens is 196 g/mol. The summed E-state index contributed by atoms with van der Waals surface area (Å²) in [5.41, 5.74) is 1.45. The van der Waals surface area contributed by atoms with E-state index in [4.69, 9.17) is 0 Å². The number of benzene rings is 1. The van der Waals surface area contributed by atoms with Crippen LogP contribution >= 0.6 is 0 Å². The minimum absolute atomic E-state index is 0.353. The summed E-state index contributed by atoms with van der Waals surface area (Å²) in [4.78, 5) is 0. The summed E-state index contributed by atoms with van der Waals surface area (Å²) in [5.74, 6) is 2.62. The first-order valence-electron chi connectivity index (χ1n) is 6.38. The molecule has 88 valence electrons. The summed E-state index contributed by atoms with van der Waals surface area (Å²) >= 11 is 0. The summed E-state index contributed by atoms with van der Waals surface area (Å²) in [6.07, 6.45) is 2.42. The van der Waals surface area contributed by atoms with E-state index in [0.717, 1.165) is 12.3 Å². The highest BCUT2D eigenvalue weighted by Crippen LogP contribution is 2.53. The van der Waals surface area contributed by atoms with Gasteiger partial charge in [0, 0.05) is 6.61 Å². The summed E-state index contributed by atoms with van der Waals surface area (Å²) in [6.45, 7) is 4.83. The van der Waals surface area contributed by atoms with Crippen LogP contribution in [0.2, 0.25) is 0 Å². The molecule has 2 rings (SSSR count). The van der Waals surface area contributed by atoms with Crippen molar-refractivity contribution in [1.82, 2.24) is 0 Å². The van der Waals surface area contributed by atoms with E-state index in [9.17, 15) is 5.11 Å². The van der Waals surface area contributed by atoms with E-state index in [1.54, 1.807) is 0 Å². The zero-order chi connectivity index (χ0) is 11.5. The molecule has 0 saturated heterocycles. The van der Waals surface area contributed by atoms with Crippen LogP contribution in [0.3, 0.4) is 0 Å². The maximum absolute atomic E-state index is 9.45. The lowest BCUT2D eigenvalue weighted by Gasteiger charge is -2.16. The molecular formula is C15H22O. The fourth-order valence-electron chi connectivity index (χ4n) is 2.81. The average Bonchev–Trinajstić information content (AvgIpc) is 3.07. The Bertz CT molecular complexity index is 317. The van der Waals surface area contributed by atoms with E-state index in [-0.39, 0.29) is 0 Å². The van der Waals surface area contributed by atoms with Gasteiger partial charge >= 0.3 is 0 Å². The van der Waals surface area contributed by atoms with Crippen molar-refractivity contribution in [2.45, 2.75) is 32.6 Å². The maximum Gasteiger partial charge on any atom is 0.0462 e. The van der Waals surface area contributed by atoms with Crippen molar-refractivity contribution in [2.75, 3.05) is 6.61 Å². The molecule has 1 fully saturated rings. The monoisotopic (exact) mass is 218 g/mol. The highest BCUT2D eigenvalue weighted by atomic mass is 16.3. The third kappa shape index (κ3) is 2.65. The third-order valence-electron chi connectivity index (χ3n) is 3.68. The van der Waals surface area contributed by atoms with E-state index in [1.807, 2.05) is 0 Å². The van der Waals surface area contributed by atoms with Gasteiger partial charge in [0.15, 0.2) is 0 Å². The van der Waals surface area contributed by atoms with Crippen LogP contribution in [0.1, 0.15) is 38.2 Å². The molecule has 0 heterocycles. The topological polar surface area (TPSA) is 20.2 Å². The minimum atomic E-state index is 0.353. The van der Waals surface area contributed by atoms with Crippen LogP contribution in [0.25, 0.3) is 0 Å². The number of aliphatic hydroxyl groups excluding tert-OH is 1. The van der Waals surface area contributed by atoms with Gasteiger partial charge in [0.05, 0.1) is 0 Å². The smallest absolute Gasteiger partial charge is 0.0462 e. The Hall–Kier alpha value is -0.820. The zero-order valence-electron chi connectivity index (χ0n) is 10.3. The zero-order valence-corrected chi connectivity index (χ0v) is 10.3. The quantitative estimate of drug-likeness (QED) is 0.802. The molecule has 16 heavy (non-hydrogen) atoms. The summed E-state index contributed by atoms with van der Waals surface area (Å²) in [7, 11) is 0. The average molecular weight is 218 g/mol. The Kier molecular flexibility index (Phi) is 3.65. The van der Waals surface area contributed by atoms with E-state index >= 15 is 0 Å². The standard InChI is InChI=1S/C15H22O/c1-11(2)8-13(10-16)15-9-14(15)12-6-4-3-5-7-12/h3-7,11,13-16H,8-10H2,1-2H3. The molecule has 3 unspecified atom stereocenters. The van der Waals surface area contributed by atoms with Crippen LogP contribution in [0.5, 0.6) is 0 Å². The van der Waals surface area contributed by atoms with Crippen LogP contribution in [-0.4, -0.2) is 11.7 Å². The van der Waals surface area contributed by atoms with Gasteiger partial charge in [-0.05, 0) is 42.1 Å². The first-order chi connectivity index (χ1) is 7.72. The molecule has 0 spiro atoms. The lowest BCUT2D eigenvalue weighted by molar-refractivity contribution is 0.187. The van der Waals surface area contributed by atoms with Crippen LogP contribution in [0.4, 0.5) is 0 Å². The van der Waals surface area contributed by atoms with Gasteiger partial charge in [0.25, 0.3) is 0 Å². The van der Waals surface area contributed by atoms with Crippen LogP contribution in [0, 0.1) is 17.8 Å². The molecule has 0 radical (unpaired) electrons. The van der Waals surface area contributed by atoms with Gasteiger partial charge in [-0.25, -0.2) is 0 Å². The molecule has 0 bridgehead atoms. The van der Waals surface area contributed by atoms with Gasteiger partial charge in [0.2, 0.25) is 0 Å². The van der Waals surface area contributed by atoms with Crippen molar-refractivity contribution in [1.29, 1.82) is 0 Å². The summed E-state index contributed by atoms with van der Waals surface area (Å²) in [6, 6.07) is 10.7. The number of hydrogen-bond acceptors (Lipinski definition) is 1. The summed E-state index contributed by atoms with van der Waals surface area (Å²) in [5, 5.41) is 9.45. The SMILES string of the molecule is CC(C)CC(CO)C1CC1c1ccccc1. The van der Waals surface area contributed by atoms with Gasteiger partial charge < -0.3 is 5.11 Å². The van der Waals surface area contributed by atoms with Crippen LogP contribution < -0.4 is 0 Å². The molecule has 1 aliphatic rings. The van der Waals surface area contributed by atoms with Crippen molar-refractivity contribution < 1.29 is 5.11 Å². The molecule has 1 aromatic rings. The van der Waals surface area contributed by atoms with Gasteiger partial charge in [0.1, 0.15) is 0 Å². The van der Waals surface area contributed by atoms with Gasteiger partial charge in [-0.15, -0.1) is 0 Å². The molecule has 1 N–H and O–H groups in total. The van der Waals surface area contributed by atoms with Gasteiger partial charge in [-0.1, -0.05) is 44.2 Å². The van der Waals surface area contributed by atoms with Crippen molar-refractivity contribution in [3.63, 3.8) is 0 Å². The lowest BCUT2D eigenvalue weighted by Crippen LogP contribution is -2.12. The molecule has 0 amide bonds. The molecule has 1 aliphatic carbocycles. The Morgan fingerprint density at radius 3 is 2.50 bits per heavy atom. The van der Waals surface area contributed by atoms with E-state index < -0.39 is 0 Å². The van der Waals surface area contributed by atoms with Gasteiger partial charge in [-0.3, -0.25) is 0 Å². The minimum Gasteiger partial charge on any atom is -0.396 e. The normalized spacial score (nSPS) is 25.8. The molecule has 0 aliphatic heterocycles. The Balaban J connectivity index is 1.94. The van der Waals surface area contributed by atoms with Crippen LogP contribution in [0.15, 0.2) is 30.3 Å². The Morgan fingerprint density at radius 1 is 1.25 bits per heavy atom. The number of aliphatic hydroxyl groups is 1. The van der Waals surface area contributed by atoms with E-state index in [0.29, 0.717) is 24.4 Å². The number of hydrogen-bond donors (Lipinski definition) is 1.